The summed E-state index contributed by atoms with van der Waals surface area (Å²) in [4.78, 5) is 18.4. The summed E-state index contributed by atoms with van der Waals surface area (Å²) >= 11 is 1.81. The van der Waals surface area contributed by atoms with Crippen LogP contribution >= 0.6 is 22.6 Å². The van der Waals surface area contributed by atoms with E-state index >= 15 is 0 Å². The maximum absolute atomic E-state index is 11.6. The molecule has 0 saturated heterocycles. The molecule has 1 aliphatic rings. The van der Waals surface area contributed by atoms with Gasteiger partial charge in [-0.2, -0.15) is 4.98 Å². The minimum absolute atomic E-state index is 0.144. The fraction of sp³-hybridized carbons (Fsp3) is 0.667. The summed E-state index contributed by atoms with van der Waals surface area (Å²) in [6, 6.07) is 0. The standard InChI is InChI=1S/C12H17IN2O2/c1-12(2)5-3-7(4-6-12)9-14-10(16)8(13)11(17)15-9/h7H,3-6H2,1-2H3,(H2,14,15,16,17). The molecule has 1 heterocycles. The Morgan fingerprint density at radius 2 is 2.00 bits per heavy atom. The monoisotopic (exact) mass is 348 g/mol. The molecule has 1 saturated carbocycles. The molecule has 2 rings (SSSR count). The van der Waals surface area contributed by atoms with Crippen LogP contribution in [0.3, 0.4) is 0 Å². The maximum Gasteiger partial charge on any atom is 0.268 e. The van der Waals surface area contributed by atoms with E-state index in [1.54, 1.807) is 22.6 Å². The Bertz CT molecular complexity index is 472. The lowest BCUT2D eigenvalue weighted by molar-refractivity contribution is 0.220. The zero-order valence-corrected chi connectivity index (χ0v) is 12.2. The quantitative estimate of drug-likeness (QED) is 0.767. The second-order valence-corrected chi connectivity index (χ2v) is 6.61. The summed E-state index contributed by atoms with van der Waals surface area (Å²) in [5, 5.41) is 9.58. The third kappa shape index (κ3) is 2.81. The largest absolute Gasteiger partial charge is 0.492 e. The number of halogens is 1. The van der Waals surface area contributed by atoms with Crippen molar-refractivity contribution < 1.29 is 5.11 Å². The fourth-order valence-electron chi connectivity index (χ4n) is 2.33. The van der Waals surface area contributed by atoms with Crippen molar-refractivity contribution in [3.63, 3.8) is 0 Å². The summed E-state index contributed by atoms with van der Waals surface area (Å²) in [6.07, 6.45) is 4.31. The van der Waals surface area contributed by atoms with Crippen molar-refractivity contribution >= 4 is 22.6 Å². The van der Waals surface area contributed by atoms with Crippen molar-refractivity contribution in [2.24, 2.45) is 5.41 Å². The van der Waals surface area contributed by atoms with E-state index in [0.29, 0.717) is 11.2 Å². The van der Waals surface area contributed by atoms with Crippen LogP contribution in [0.1, 0.15) is 51.3 Å². The first-order valence-electron chi connectivity index (χ1n) is 5.88. The summed E-state index contributed by atoms with van der Waals surface area (Å²) < 4.78 is 0.266. The number of nitrogens with one attached hydrogen (secondary N) is 1. The summed E-state index contributed by atoms with van der Waals surface area (Å²) in [7, 11) is 0. The highest BCUT2D eigenvalue weighted by molar-refractivity contribution is 14.1. The number of aromatic amines is 1. The first-order valence-corrected chi connectivity index (χ1v) is 6.95. The normalized spacial score (nSPS) is 20.4. The van der Waals surface area contributed by atoms with Gasteiger partial charge in [-0.25, -0.2) is 0 Å². The van der Waals surface area contributed by atoms with E-state index in [4.69, 9.17) is 0 Å². The Labute approximate surface area is 114 Å². The number of hydrogen-bond acceptors (Lipinski definition) is 3. The van der Waals surface area contributed by atoms with Crippen LogP contribution in [0.2, 0.25) is 0 Å². The molecule has 0 radical (unpaired) electrons. The molecule has 4 nitrogen and oxygen atoms in total. The van der Waals surface area contributed by atoms with Gasteiger partial charge >= 0.3 is 0 Å². The molecular weight excluding hydrogens is 331 g/mol. The SMILES string of the molecule is CC1(C)CCC(c2nc(O)c(I)c(=O)[nH]2)CC1. The predicted molar refractivity (Wildman–Crippen MR) is 74.2 cm³/mol. The fourth-order valence-corrected chi connectivity index (χ4v) is 2.59. The molecular formula is C12H17IN2O2. The van der Waals surface area contributed by atoms with Crippen LogP contribution in [-0.2, 0) is 0 Å². The highest BCUT2D eigenvalue weighted by Gasteiger charge is 2.29. The lowest BCUT2D eigenvalue weighted by atomic mass is 9.73. The van der Waals surface area contributed by atoms with E-state index in [2.05, 4.69) is 23.8 Å². The van der Waals surface area contributed by atoms with Gasteiger partial charge in [-0.1, -0.05) is 13.8 Å². The molecule has 1 aromatic heterocycles. The average Bonchev–Trinajstić information content (AvgIpc) is 2.25. The molecule has 5 heteroatoms. The van der Waals surface area contributed by atoms with Crippen LogP contribution in [0.15, 0.2) is 4.79 Å². The second-order valence-electron chi connectivity index (χ2n) is 5.53. The van der Waals surface area contributed by atoms with Gasteiger partial charge in [0.2, 0.25) is 5.88 Å². The number of aromatic nitrogens is 2. The molecule has 94 valence electrons. The lowest BCUT2D eigenvalue weighted by Crippen LogP contribution is -2.23. The van der Waals surface area contributed by atoms with E-state index in [0.717, 1.165) is 25.7 Å². The molecule has 1 aliphatic carbocycles. The van der Waals surface area contributed by atoms with Gasteiger partial charge in [-0.15, -0.1) is 0 Å². The van der Waals surface area contributed by atoms with Crippen molar-refractivity contribution in [2.75, 3.05) is 0 Å². The maximum atomic E-state index is 11.6. The van der Waals surface area contributed by atoms with E-state index in [1.807, 2.05) is 0 Å². The van der Waals surface area contributed by atoms with Gasteiger partial charge < -0.3 is 10.1 Å². The van der Waals surface area contributed by atoms with Crippen molar-refractivity contribution in [2.45, 2.75) is 45.4 Å². The number of H-pyrrole nitrogens is 1. The molecule has 17 heavy (non-hydrogen) atoms. The molecule has 0 bridgehead atoms. The topological polar surface area (TPSA) is 66.0 Å². The molecule has 1 fully saturated rings. The van der Waals surface area contributed by atoms with Crippen LogP contribution in [-0.4, -0.2) is 15.1 Å². The van der Waals surface area contributed by atoms with E-state index < -0.39 is 0 Å². The van der Waals surface area contributed by atoms with Crippen LogP contribution in [0.5, 0.6) is 5.88 Å². The van der Waals surface area contributed by atoms with Crippen molar-refractivity contribution in [3.05, 3.63) is 19.7 Å². The van der Waals surface area contributed by atoms with Gasteiger partial charge in [0.05, 0.1) is 0 Å². The molecule has 1 aromatic rings. The zero-order chi connectivity index (χ0) is 12.6. The summed E-state index contributed by atoms with van der Waals surface area (Å²) in [6.45, 7) is 4.54. The van der Waals surface area contributed by atoms with Crippen molar-refractivity contribution in [1.82, 2.24) is 9.97 Å². The average molecular weight is 348 g/mol. The van der Waals surface area contributed by atoms with Crippen LogP contribution < -0.4 is 5.56 Å². The Morgan fingerprint density at radius 3 is 2.53 bits per heavy atom. The van der Waals surface area contributed by atoms with E-state index in [-0.39, 0.29) is 20.9 Å². The molecule has 0 spiro atoms. The Balaban J connectivity index is 2.22. The Morgan fingerprint density at radius 1 is 1.41 bits per heavy atom. The van der Waals surface area contributed by atoms with Gasteiger partial charge in [0, 0.05) is 5.92 Å². The van der Waals surface area contributed by atoms with Crippen LogP contribution in [0.4, 0.5) is 0 Å². The Hall–Kier alpha value is -0.590. The molecule has 0 amide bonds. The predicted octanol–water partition coefficient (Wildman–Crippen LogP) is 2.76. The van der Waals surface area contributed by atoms with Gasteiger partial charge in [0.15, 0.2) is 0 Å². The summed E-state index contributed by atoms with van der Waals surface area (Å²) in [5.41, 5.74) is 0.153. The number of aromatic hydroxyl groups is 1. The number of nitrogens with zero attached hydrogens (tertiary/aromatic N) is 1. The van der Waals surface area contributed by atoms with Gasteiger partial charge in [-0.05, 0) is 53.7 Å². The van der Waals surface area contributed by atoms with Crippen molar-refractivity contribution in [3.8, 4) is 5.88 Å². The van der Waals surface area contributed by atoms with Gasteiger partial charge in [-0.3, -0.25) is 4.79 Å². The first kappa shape index (κ1) is 12.9. The van der Waals surface area contributed by atoms with E-state index in [1.165, 1.54) is 0 Å². The second kappa shape index (κ2) is 4.59. The molecule has 0 aromatic carbocycles. The minimum atomic E-state index is -0.238. The van der Waals surface area contributed by atoms with Gasteiger partial charge in [0.1, 0.15) is 9.39 Å². The third-order valence-corrected chi connectivity index (χ3v) is 4.56. The molecule has 0 atom stereocenters. The minimum Gasteiger partial charge on any atom is -0.492 e. The first-order chi connectivity index (χ1) is 7.89. The van der Waals surface area contributed by atoms with Crippen LogP contribution in [0.25, 0.3) is 0 Å². The lowest BCUT2D eigenvalue weighted by Gasteiger charge is -2.33. The number of rotatable bonds is 1. The summed E-state index contributed by atoms with van der Waals surface area (Å²) in [5.74, 6) is 0.774. The highest BCUT2D eigenvalue weighted by Crippen LogP contribution is 2.41. The number of hydrogen-bond donors (Lipinski definition) is 2. The van der Waals surface area contributed by atoms with Crippen molar-refractivity contribution in [1.29, 1.82) is 0 Å². The van der Waals surface area contributed by atoms with Crippen LogP contribution in [0, 0.1) is 8.99 Å². The highest BCUT2D eigenvalue weighted by atomic mass is 127. The van der Waals surface area contributed by atoms with Gasteiger partial charge in [0.25, 0.3) is 5.56 Å². The zero-order valence-electron chi connectivity index (χ0n) is 10.1. The Kier molecular flexibility index (Phi) is 3.47. The van der Waals surface area contributed by atoms with E-state index in [9.17, 15) is 9.90 Å². The smallest absolute Gasteiger partial charge is 0.268 e. The third-order valence-electron chi connectivity index (χ3n) is 3.59. The molecule has 0 unspecified atom stereocenters. The molecule has 0 aliphatic heterocycles. The molecule has 2 N–H and O–H groups in total.